The van der Waals surface area contributed by atoms with Crippen LogP contribution in [0.2, 0.25) is 0 Å². The summed E-state index contributed by atoms with van der Waals surface area (Å²) in [4.78, 5) is 19.7. The average molecular weight is 498 g/mol. The van der Waals surface area contributed by atoms with E-state index in [1.54, 1.807) is 0 Å². The Kier molecular flexibility index (Phi) is 6.93. The van der Waals surface area contributed by atoms with Gasteiger partial charge in [-0.25, -0.2) is 4.79 Å². The Morgan fingerprint density at radius 3 is 1.66 bits per heavy atom. The molecule has 1 atom stereocenters. The van der Waals surface area contributed by atoms with Gasteiger partial charge in [0.05, 0.1) is 12.8 Å². The van der Waals surface area contributed by atoms with Crippen LogP contribution in [-0.4, -0.2) is 18.8 Å². The fraction of sp³-hybridized carbons (Fsp3) is 0.143. The molecule has 0 saturated heterocycles. The SMILES string of the molecule is COC(=O)C(N=C(c1ccccc1)c1ccccc1)(c1ccc2ccccc2c1)C(C)(C)c1ccccc1. The highest BCUT2D eigenvalue weighted by Crippen LogP contribution is 2.47. The van der Waals surface area contributed by atoms with Gasteiger partial charge in [0.2, 0.25) is 0 Å². The second-order valence-corrected chi connectivity index (χ2v) is 9.95. The van der Waals surface area contributed by atoms with Crippen LogP contribution in [0.15, 0.2) is 138 Å². The van der Waals surface area contributed by atoms with Gasteiger partial charge in [-0.2, -0.15) is 0 Å². The standard InChI is InChI=1S/C35H31NO2/c1-34(2,30-21-11-6-12-22-30)35(33(37)38-3,31-24-23-26-15-13-14-20-29(26)25-31)36-32(27-16-7-4-8-17-27)28-18-9-5-10-19-28/h4-25H,1-3H3. The molecule has 188 valence electrons. The summed E-state index contributed by atoms with van der Waals surface area (Å²) in [6, 6.07) is 44.5. The van der Waals surface area contributed by atoms with Crippen molar-refractivity contribution in [3.63, 3.8) is 0 Å². The molecular weight excluding hydrogens is 466 g/mol. The fourth-order valence-corrected chi connectivity index (χ4v) is 5.27. The Morgan fingerprint density at radius 1 is 0.605 bits per heavy atom. The third-order valence-corrected chi connectivity index (χ3v) is 7.42. The van der Waals surface area contributed by atoms with Crippen molar-refractivity contribution >= 4 is 22.5 Å². The fourth-order valence-electron chi connectivity index (χ4n) is 5.27. The Balaban J connectivity index is 1.91. The number of fused-ring (bicyclic) bond motifs is 1. The van der Waals surface area contributed by atoms with E-state index in [9.17, 15) is 4.79 Å². The first kappa shape index (κ1) is 25.2. The summed E-state index contributed by atoms with van der Waals surface area (Å²) >= 11 is 0. The quantitative estimate of drug-likeness (QED) is 0.170. The molecule has 0 spiro atoms. The molecule has 3 heteroatoms. The molecule has 0 amide bonds. The largest absolute Gasteiger partial charge is 0.467 e. The molecule has 0 aromatic heterocycles. The van der Waals surface area contributed by atoms with E-state index < -0.39 is 16.9 Å². The zero-order valence-electron chi connectivity index (χ0n) is 22.0. The van der Waals surface area contributed by atoms with Crippen LogP contribution < -0.4 is 0 Å². The van der Waals surface area contributed by atoms with Crippen LogP contribution in [0.25, 0.3) is 10.8 Å². The molecule has 5 aromatic rings. The van der Waals surface area contributed by atoms with E-state index in [1.807, 2.05) is 97.1 Å². The van der Waals surface area contributed by atoms with Crippen LogP contribution in [0.4, 0.5) is 0 Å². The summed E-state index contributed by atoms with van der Waals surface area (Å²) in [7, 11) is 1.44. The number of benzene rings is 5. The van der Waals surface area contributed by atoms with Crippen molar-refractivity contribution in [2.24, 2.45) is 4.99 Å². The lowest BCUT2D eigenvalue weighted by Crippen LogP contribution is -2.51. The number of aliphatic imine (C=N–C) groups is 1. The summed E-state index contributed by atoms with van der Waals surface area (Å²) in [6.45, 7) is 4.15. The van der Waals surface area contributed by atoms with Crippen molar-refractivity contribution in [2.75, 3.05) is 7.11 Å². The number of ether oxygens (including phenoxy) is 1. The molecule has 5 aromatic carbocycles. The zero-order valence-corrected chi connectivity index (χ0v) is 22.0. The van der Waals surface area contributed by atoms with Crippen molar-refractivity contribution in [1.82, 2.24) is 0 Å². The molecule has 38 heavy (non-hydrogen) atoms. The molecule has 0 N–H and O–H groups in total. The number of methoxy groups -OCH3 is 1. The molecule has 0 aliphatic heterocycles. The number of rotatable bonds is 7. The van der Waals surface area contributed by atoms with Crippen molar-refractivity contribution in [3.8, 4) is 0 Å². The average Bonchev–Trinajstić information content (AvgIpc) is 2.98. The minimum absolute atomic E-state index is 0.411. The van der Waals surface area contributed by atoms with E-state index in [0.717, 1.165) is 38.7 Å². The minimum atomic E-state index is -1.39. The van der Waals surface area contributed by atoms with Crippen molar-refractivity contribution in [3.05, 3.63) is 156 Å². The maximum absolute atomic E-state index is 14.3. The van der Waals surface area contributed by atoms with Gasteiger partial charge in [-0.3, -0.25) is 4.99 Å². The Bertz CT molecular complexity index is 1530. The Labute approximate surface area is 224 Å². The molecule has 0 fully saturated rings. The van der Waals surface area contributed by atoms with E-state index in [0.29, 0.717) is 0 Å². The van der Waals surface area contributed by atoms with Gasteiger partial charge in [-0.05, 0) is 28.0 Å². The first-order chi connectivity index (χ1) is 18.5. The van der Waals surface area contributed by atoms with Gasteiger partial charge in [-0.1, -0.05) is 141 Å². The molecule has 0 aliphatic rings. The lowest BCUT2D eigenvalue weighted by atomic mass is 9.64. The van der Waals surface area contributed by atoms with Crippen LogP contribution in [0.3, 0.4) is 0 Å². The maximum Gasteiger partial charge on any atom is 0.339 e. The molecular formula is C35H31NO2. The highest BCUT2D eigenvalue weighted by molar-refractivity contribution is 6.14. The number of hydrogen-bond donors (Lipinski definition) is 0. The summed E-state index contributed by atoms with van der Waals surface area (Å²) < 4.78 is 5.62. The van der Waals surface area contributed by atoms with E-state index >= 15 is 0 Å². The molecule has 0 heterocycles. The van der Waals surface area contributed by atoms with Gasteiger partial charge in [0.15, 0.2) is 5.54 Å². The second-order valence-electron chi connectivity index (χ2n) is 9.95. The lowest BCUT2D eigenvalue weighted by molar-refractivity contribution is -0.150. The molecule has 3 nitrogen and oxygen atoms in total. The number of carbonyl (C=O) groups excluding carboxylic acids is 1. The van der Waals surface area contributed by atoms with E-state index in [1.165, 1.54) is 7.11 Å². The highest BCUT2D eigenvalue weighted by Gasteiger charge is 2.55. The Hall–Kier alpha value is -4.50. The summed E-state index contributed by atoms with van der Waals surface area (Å²) in [5.41, 5.74) is 2.18. The first-order valence-electron chi connectivity index (χ1n) is 12.8. The van der Waals surface area contributed by atoms with Gasteiger partial charge in [-0.15, -0.1) is 0 Å². The first-order valence-corrected chi connectivity index (χ1v) is 12.8. The second kappa shape index (κ2) is 10.5. The molecule has 5 rings (SSSR count). The van der Waals surface area contributed by atoms with Gasteiger partial charge < -0.3 is 4.74 Å². The van der Waals surface area contributed by atoms with Crippen LogP contribution in [-0.2, 0) is 20.5 Å². The Morgan fingerprint density at radius 2 is 1.11 bits per heavy atom. The summed E-state index contributed by atoms with van der Waals surface area (Å²) in [5, 5.41) is 2.14. The lowest BCUT2D eigenvalue weighted by Gasteiger charge is -2.43. The van der Waals surface area contributed by atoms with E-state index in [2.05, 4.69) is 50.2 Å². The predicted molar refractivity (Wildman–Crippen MR) is 156 cm³/mol. The van der Waals surface area contributed by atoms with Crippen molar-refractivity contribution in [1.29, 1.82) is 0 Å². The van der Waals surface area contributed by atoms with Crippen LogP contribution in [0, 0.1) is 0 Å². The van der Waals surface area contributed by atoms with Crippen molar-refractivity contribution < 1.29 is 9.53 Å². The van der Waals surface area contributed by atoms with Gasteiger partial charge in [0.1, 0.15) is 0 Å². The van der Waals surface area contributed by atoms with Crippen LogP contribution in [0.5, 0.6) is 0 Å². The molecule has 0 radical (unpaired) electrons. The minimum Gasteiger partial charge on any atom is -0.467 e. The maximum atomic E-state index is 14.3. The van der Waals surface area contributed by atoms with Gasteiger partial charge >= 0.3 is 5.97 Å². The highest BCUT2D eigenvalue weighted by atomic mass is 16.5. The van der Waals surface area contributed by atoms with E-state index in [4.69, 9.17) is 9.73 Å². The molecule has 0 bridgehead atoms. The van der Waals surface area contributed by atoms with Crippen molar-refractivity contribution in [2.45, 2.75) is 24.8 Å². The number of hydrogen-bond acceptors (Lipinski definition) is 3. The predicted octanol–water partition coefficient (Wildman–Crippen LogP) is 7.72. The number of esters is 1. The summed E-state index contributed by atoms with van der Waals surface area (Å²) in [5.74, 6) is -0.411. The third kappa shape index (κ3) is 4.41. The topological polar surface area (TPSA) is 38.7 Å². The molecule has 0 aliphatic carbocycles. The van der Waals surface area contributed by atoms with E-state index in [-0.39, 0.29) is 0 Å². The van der Waals surface area contributed by atoms with Gasteiger partial charge in [0, 0.05) is 16.5 Å². The van der Waals surface area contributed by atoms with Gasteiger partial charge in [0.25, 0.3) is 0 Å². The van der Waals surface area contributed by atoms with Crippen LogP contribution >= 0.6 is 0 Å². The normalized spacial score (nSPS) is 12.9. The zero-order chi connectivity index (χ0) is 26.6. The monoisotopic (exact) mass is 497 g/mol. The number of carbonyl (C=O) groups is 1. The number of nitrogens with zero attached hydrogens (tertiary/aromatic N) is 1. The molecule has 1 unspecified atom stereocenters. The smallest absolute Gasteiger partial charge is 0.339 e. The third-order valence-electron chi connectivity index (χ3n) is 7.42. The summed E-state index contributed by atoms with van der Waals surface area (Å²) in [6.07, 6.45) is 0. The molecule has 0 saturated carbocycles. The van der Waals surface area contributed by atoms with Crippen LogP contribution in [0.1, 0.15) is 36.1 Å².